The Kier molecular flexibility index (Phi) is 4.28. The summed E-state index contributed by atoms with van der Waals surface area (Å²) in [6, 6.07) is 15.1. The van der Waals surface area contributed by atoms with Crippen LogP contribution in [0.15, 0.2) is 47.5 Å². The maximum Gasteiger partial charge on any atom is 0.186 e. The van der Waals surface area contributed by atoms with Crippen LogP contribution in [0.1, 0.15) is 31.3 Å². The highest BCUT2D eigenvalue weighted by Gasteiger charge is 2.13. The van der Waals surface area contributed by atoms with Crippen LogP contribution in [-0.4, -0.2) is 10.9 Å². The predicted molar refractivity (Wildman–Crippen MR) is 103 cm³/mol. The molecule has 0 unspecified atom stereocenters. The number of aliphatic imine (C=N–C) groups is 1. The Labute approximate surface area is 146 Å². The lowest BCUT2D eigenvalue weighted by molar-refractivity contribution is 0.590. The van der Waals surface area contributed by atoms with Gasteiger partial charge in [-0.05, 0) is 34.2 Å². The number of aromatic nitrogens is 1. The second-order valence-corrected chi connectivity index (χ2v) is 7.97. The van der Waals surface area contributed by atoms with Gasteiger partial charge in [-0.3, -0.25) is 0 Å². The molecule has 0 saturated heterocycles. The third kappa shape index (κ3) is 3.57. The van der Waals surface area contributed by atoms with E-state index in [1.165, 1.54) is 16.7 Å². The fraction of sp³-hybridized carbons (Fsp3) is 0.263. The van der Waals surface area contributed by atoms with Crippen LogP contribution in [-0.2, 0) is 12.0 Å². The Bertz CT molecular complexity index is 882. The Hall–Kier alpha value is -2.40. The van der Waals surface area contributed by atoms with E-state index in [1.807, 2.05) is 0 Å². The van der Waals surface area contributed by atoms with Crippen molar-refractivity contribution in [3.63, 3.8) is 0 Å². The van der Waals surface area contributed by atoms with Gasteiger partial charge in [0.05, 0.1) is 16.8 Å². The molecule has 0 amide bonds. The molecule has 1 aromatic heterocycles. The first-order valence-electron chi connectivity index (χ1n) is 7.89. The van der Waals surface area contributed by atoms with Gasteiger partial charge in [0.2, 0.25) is 0 Å². The molecule has 3 rings (SSSR count). The highest BCUT2D eigenvalue weighted by Crippen LogP contribution is 2.30. The normalized spacial score (nSPS) is 11.6. The van der Waals surface area contributed by atoms with Gasteiger partial charge in [-0.1, -0.05) is 51.1 Å². The summed E-state index contributed by atoms with van der Waals surface area (Å²) in [5, 5.41) is 0.915. The van der Waals surface area contributed by atoms with E-state index in [1.54, 1.807) is 11.3 Å². The summed E-state index contributed by atoms with van der Waals surface area (Å²) in [5.74, 6) is 0.0916. The molecule has 0 aliphatic carbocycles. The van der Waals surface area contributed by atoms with E-state index in [0.29, 0.717) is 6.54 Å². The number of hydrogen-bond donors (Lipinski definition) is 2. The fourth-order valence-corrected chi connectivity index (χ4v) is 3.42. The number of benzene rings is 2. The van der Waals surface area contributed by atoms with Gasteiger partial charge in [0, 0.05) is 0 Å². The topological polar surface area (TPSA) is 77.3 Å². The van der Waals surface area contributed by atoms with Gasteiger partial charge < -0.3 is 11.5 Å². The number of thiazole rings is 1. The molecule has 124 valence electrons. The molecule has 0 bridgehead atoms. The number of nitrogens with zero attached hydrogens (tertiary/aromatic N) is 2. The molecule has 4 N–H and O–H groups in total. The number of guanidine groups is 1. The molecule has 0 fully saturated rings. The van der Waals surface area contributed by atoms with Crippen LogP contribution in [0.5, 0.6) is 0 Å². The summed E-state index contributed by atoms with van der Waals surface area (Å²) in [5.41, 5.74) is 15.6. The highest BCUT2D eigenvalue weighted by atomic mass is 32.1. The minimum Gasteiger partial charge on any atom is -0.370 e. The molecule has 1 heterocycles. The molecular weight excluding hydrogens is 316 g/mol. The van der Waals surface area contributed by atoms with Gasteiger partial charge in [-0.2, -0.15) is 0 Å². The predicted octanol–water partition coefficient (Wildman–Crippen LogP) is 4.03. The lowest BCUT2D eigenvalue weighted by Crippen LogP contribution is -2.22. The number of rotatable bonds is 3. The summed E-state index contributed by atoms with van der Waals surface area (Å²) in [7, 11) is 0. The largest absolute Gasteiger partial charge is 0.370 e. The van der Waals surface area contributed by atoms with E-state index in [4.69, 9.17) is 11.5 Å². The van der Waals surface area contributed by atoms with Crippen molar-refractivity contribution in [1.29, 1.82) is 0 Å². The lowest BCUT2D eigenvalue weighted by atomic mass is 9.86. The van der Waals surface area contributed by atoms with Crippen LogP contribution in [0.4, 0.5) is 0 Å². The Balaban J connectivity index is 1.91. The van der Waals surface area contributed by atoms with Gasteiger partial charge in [0.1, 0.15) is 5.01 Å². The minimum atomic E-state index is 0.0916. The van der Waals surface area contributed by atoms with Crippen LogP contribution in [0.25, 0.3) is 21.3 Å². The van der Waals surface area contributed by atoms with E-state index >= 15 is 0 Å². The van der Waals surface area contributed by atoms with Gasteiger partial charge in [0.25, 0.3) is 0 Å². The van der Waals surface area contributed by atoms with Crippen molar-refractivity contribution in [2.45, 2.75) is 32.7 Å². The summed E-state index contributed by atoms with van der Waals surface area (Å²) < 4.78 is 1.14. The van der Waals surface area contributed by atoms with Crippen molar-refractivity contribution < 1.29 is 0 Å². The first kappa shape index (κ1) is 16.5. The second-order valence-electron chi connectivity index (χ2n) is 6.86. The zero-order chi connectivity index (χ0) is 17.3. The summed E-state index contributed by atoms with van der Waals surface area (Å²) in [4.78, 5) is 8.65. The Morgan fingerprint density at radius 1 is 1.04 bits per heavy atom. The molecule has 5 heteroatoms. The molecular formula is C19H22N4S. The van der Waals surface area contributed by atoms with Gasteiger partial charge in [0.15, 0.2) is 5.96 Å². The first-order chi connectivity index (χ1) is 11.3. The van der Waals surface area contributed by atoms with Crippen LogP contribution in [0, 0.1) is 0 Å². The van der Waals surface area contributed by atoms with Crippen molar-refractivity contribution in [3.8, 4) is 11.1 Å². The molecule has 0 aliphatic rings. The molecule has 0 saturated carbocycles. The molecule has 0 aliphatic heterocycles. The molecule has 4 nitrogen and oxygen atoms in total. The molecule has 3 aromatic rings. The average molecular weight is 338 g/mol. The van der Waals surface area contributed by atoms with Crippen molar-refractivity contribution in [1.82, 2.24) is 4.98 Å². The summed E-state index contributed by atoms with van der Waals surface area (Å²) >= 11 is 1.62. The van der Waals surface area contributed by atoms with Crippen molar-refractivity contribution >= 4 is 27.5 Å². The van der Waals surface area contributed by atoms with Gasteiger partial charge in [-0.15, -0.1) is 11.3 Å². The van der Waals surface area contributed by atoms with Crippen LogP contribution in [0.2, 0.25) is 0 Å². The maximum atomic E-state index is 5.38. The smallest absolute Gasteiger partial charge is 0.186 e. The molecule has 0 radical (unpaired) electrons. The monoisotopic (exact) mass is 338 g/mol. The average Bonchev–Trinajstić information content (AvgIpc) is 2.94. The van der Waals surface area contributed by atoms with E-state index < -0.39 is 0 Å². The highest BCUT2D eigenvalue weighted by molar-refractivity contribution is 7.18. The van der Waals surface area contributed by atoms with E-state index in [-0.39, 0.29) is 11.4 Å². The second kappa shape index (κ2) is 6.24. The molecule has 2 aromatic carbocycles. The molecule has 24 heavy (non-hydrogen) atoms. The third-order valence-corrected chi connectivity index (χ3v) is 4.93. The quantitative estimate of drug-likeness (QED) is 0.559. The van der Waals surface area contributed by atoms with Crippen molar-refractivity contribution in [3.05, 3.63) is 53.0 Å². The molecule has 0 atom stereocenters. The number of hydrogen-bond acceptors (Lipinski definition) is 3. The van der Waals surface area contributed by atoms with Crippen LogP contribution in [0.3, 0.4) is 0 Å². The zero-order valence-corrected chi connectivity index (χ0v) is 15.0. The number of nitrogens with two attached hydrogens (primary N) is 2. The first-order valence-corrected chi connectivity index (χ1v) is 8.70. The third-order valence-electron chi connectivity index (χ3n) is 3.91. The minimum absolute atomic E-state index is 0.0916. The van der Waals surface area contributed by atoms with E-state index in [0.717, 1.165) is 15.2 Å². The van der Waals surface area contributed by atoms with Crippen molar-refractivity contribution in [2.75, 3.05) is 0 Å². The summed E-state index contributed by atoms with van der Waals surface area (Å²) in [6.07, 6.45) is 0. The van der Waals surface area contributed by atoms with E-state index in [2.05, 4.69) is 73.2 Å². The fourth-order valence-electron chi connectivity index (χ4n) is 2.54. The van der Waals surface area contributed by atoms with Crippen molar-refractivity contribution in [2.24, 2.45) is 16.5 Å². The standard InChI is InChI=1S/C19H22N4S/c1-19(2,3)14-7-4-12(5-8-14)13-6-9-16-15(10-13)23-17(24-16)11-22-18(20)21/h4-10H,11H2,1-3H3,(H4,20,21,22). The van der Waals surface area contributed by atoms with Gasteiger partial charge >= 0.3 is 0 Å². The zero-order valence-electron chi connectivity index (χ0n) is 14.2. The SMILES string of the molecule is CC(C)(C)c1ccc(-c2ccc3sc(CN=C(N)N)nc3c2)cc1. The maximum absolute atomic E-state index is 5.38. The lowest BCUT2D eigenvalue weighted by Gasteiger charge is -2.19. The number of fused-ring (bicyclic) bond motifs is 1. The summed E-state index contributed by atoms with van der Waals surface area (Å²) in [6.45, 7) is 7.10. The molecule has 0 spiro atoms. The van der Waals surface area contributed by atoms with Crippen LogP contribution < -0.4 is 11.5 Å². The Morgan fingerprint density at radius 2 is 1.71 bits per heavy atom. The van der Waals surface area contributed by atoms with E-state index in [9.17, 15) is 0 Å². The Morgan fingerprint density at radius 3 is 2.33 bits per heavy atom. The van der Waals surface area contributed by atoms with Gasteiger partial charge in [-0.25, -0.2) is 9.98 Å². The van der Waals surface area contributed by atoms with Crippen LogP contribution >= 0.6 is 11.3 Å².